The normalized spacial score (nSPS) is 16.0. The van der Waals surface area contributed by atoms with Crippen LogP contribution in [0.15, 0.2) is 30.3 Å². The van der Waals surface area contributed by atoms with E-state index in [0.717, 1.165) is 13.1 Å². The van der Waals surface area contributed by atoms with Crippen molar-refractivity contribution < 1.29 is 0 Å². The molecule has 15 heavy (non-hydrogen) atoms. The highest BCUT2D eigenvalue weighted by atomic mass is 35.5. The van der Waals surface area contributed by atoms with Crippen molar-refractivity contribution in [1.29, 1.82) is 0 Å². The summed E-state index contributed by atoms with van der Waals surface area (Å²) in [6.45, 7) is 2.29. The van der Waals surface area contributed by atoms with E-state index in [1.807, 2.05) is 6.07 Å². The summed E-state index contributed by atoms with van der Waals surface area (Å²) in [4.78, 5) is 0. The third-order valence-electron chi connectivity index (χ3n) is 2.48. The molecule has 2 nitrogen and oxygen atoms in total. The van der Waals surface area contributed by atoms with E-state index in [2.05, 4.69) is 34.9 Å². The van der Waals surface area contributed by atoms with Crippen molar-refractivity contribution >= 4 is 30.5 Å². The van der Waals surface area contributed by atoms with E-state index in [9.17, 15) is 0 Å². The van der Waals surface area contributed by atoms with Crippen molar-refractivity contribution in [2.45, 2.75) is 18.9 Å². The molecule has 0 bridgehead atoms. The van der Waals surface area contributed by atoms with Crippen molar-refractivity contribution in [1.82, 2.24) is 5.32 Å². The van der Waals surface area contributed by atoms with Gasteiger partial charge >= 0.3 is 0 Å². The Bertz CT molecular complexity index is 248. The van der Waals surface area contributed by atoms with Crippen LogP contribution in [0, 0.1) is 0 Å². The summed E-state index contributed by atoms with van der Waals surface area (Å²) in [5.41, 5.74) is 1.24. The van der Waals surface area contributed by atoms with Crippen LogP contribution < -0.4 is 10.6 Å². The second-order valence-electron chi connectivity index (χ2n) is 3.53. The summed E-state index contributed by atoms with van der Waals surface area (Å²) in [6, 6.07) is 11.1. The first-order valence-corrected chi connectivity index (χ1v) is 4.97. The van der Waals surface area contributed by atoms with Crippen LogP contribution >= 0.6 is 24.8 Å². The zero-order valence-electron chi connectivity index (χ0n) is 8.61. The standard InChI is InChI=1S/C11H16N2.2ClH/c1-2-4-10(5-3-1)13-11-6-8-12-9-7-11;;/h1-5,11-13H,6-9H2;2*1H. The summed E-state index contributed by atoms with van der Waals surface area (Å²) < 4.78 is 0. The van der Waals surface area contributed by atoms with Crippen LogP contribution in [-0.4, -0.2) is 19.1 Å². The van der Waals surface area contributed by atoms with Gasteiger partial charge in [-0.25, -0.2) is 0 Å². The Hall–Kier alpha value is -0.440. The van der Waals surface area contributed by atoms with Crippen molar-refractivity contribution in [2.75, 3.05) is 18.4 Å². The number of rotatable bonds is 2. The van der Waals surface area contributed by atoms with Crippen LogP contribution in [0.3, 0.4) is 0 Å². The van der Waals surface area contributed by atoms with E-state index in [-0.39, 0.29) is 24.8 Å². The highest BCUT2D eigenvalue weighted by molar-refractivity contribution is 5.85. The second-order valence-corrected chi connectivity index (χ2v) is 3.53. The monoisotopic (exact) mass is 248 g/mol. The largest absolute Gasteiger partial charge is 0.382 e. The van der Waals surface area contributed by atoms with Gasteiger partial charge in [0, 0.05) is 11.7 Å². The molecule has 1 saturated heterocycles. The predicted molar refractivity (Wildman–Crippen MR) is 70.5 cm³/mol. The maximum absolute atomic E-state index is 3.54. The minimum absolute atomic E-state index is 0. The average molecular weight is 249 g/mol. The number of hydrogen-bond acceptors (Lipinski definition) is 2. The van der Waals surface area contributed by atoms with E-state index in [4.69, 9.17) is 0 Å². The summed E-state index contributed by atoms with van der Waals surface area (Å²) in [5, 5.41) is 6.90. The van der Waals surface area contributed by atoms with E-state index < -0.39 is 0 Å². The Morgan fingerprint density at radius 1 is 1.00 bits per heavy atom. The third kappa shape index (κ3) is 4.74. The van der Waals surface area contributed by atoms with Crippen LogP contribution in [0.5, 0.6) is 0 Å². The molecule has 1 aliphatic rings. The number of halogens is 2. The molecule has 4 heteroatoms. The average Bonchev–Trinajstić information content (AvgIpc) is 2.21. The fourth-order valence-electron chi connectivity index (χ4n) is 1.74. The molecule has 1 heterocycles. The van der Waals surface area contributed by atoms with E-state index in [1.54, 1.807) is 0 Å². The summed E-state index contributed by atoms with van der Waals surface area (Å²) >= 11 is 0. The number of anilines is 1. The summed E-state index contributed by atoms with van der Waals surface area (Å²) in [5.74, 6) is 0. The quantitative estimate of drug-likeness (QED) is 0.842. The summed E-state index contributed by atoms with van der Waals surface area (Å²) in [7, 11) is 0. The summed E-state index contributed by atoms with van der Waals surface area (Å²) in [6.07, 6.45) is 2.46. The van der Waals surface area contributed by atoms with Gasteiger partial charge in [-0.3, -0.25) is 0 Å². The molecule has 0 amide bonds. The van der Waals surface area contributed by atoms with Crippen molar-refractivity contribution in [2.24, 2.45) is 0 Å². The zero-order valence-corrected chi connectivity index (χ0v) is 10.2. The fourth-order valence-corrected chi connectivity index (χ4v) is 1.74. The Labute approximate surface area is 104 Å². The molecular formula is C11H18Cl2N2. The van der Waals surface area contributed by atoms with E-state index >= 15 is 0 Å². The van der Waals surface area contributed by atoms with Gasteiger partial charge in [-0.15, -0.1) is 24.8 Å². The van der Waals surface area contributed by atoms with Crippen molar-refractivity contribution in [3.63, 3.8) is 0 Å². The Morgan fingerprint density at radius 3 is 2.20 bits per heavy atom. The molecule has 0 unspecified atom stereocenters. The molecule has 0 aliphatic carbocycles. The highest BCUT2D eigenvalue weighted by Crippen LogP contribution is 2.12. The van der Waals surface area contributed by atoms with Gasteiger partial charge in [0.15, 0.2) is 0 Å². The number of hydrogen-bond donors (Lipinski definition) is 2. The van der Waals surface area contributed by atoms with Crippen LogP contribution in [-0.2, 0) is 0 Å². The lowest BCUT2D eigenvalue weighted by atomic mass is 10.1. The van der Waals surface area contributed by atoms with Gasteiger partial charge in [0.1, 0.15) is 0 Å². The molecule has 1 aliphatic heterocycles. The maximum Gasteiger partial charge on any atom is 0.0342 e. The minimum atomic E-state index is 0. The first-order chi connectivity index (χ1) is 6.45. The van der Waals surface area contributed by atoms with Gasteiger partial charge in [-0.05, 0) is 38.1 Å². The third-order valence-corrected chi connectivity index (χ3v) is 2.48. The van der Waals surface area contributed by atoms with Crippen LogP contribution in [0.1, 0.15) is 12.8 Å². The van der Waals surface area contributed by atoms with Gasteiger partial charge in [0.05, 0.1) is 0 Å². The fraction of sp³-hybridized carbons (Fsp3) is 0.455. The van der Waals surface area contributed by atoms with Crippen LogP contribution in [0.4, 0.5) is 5.69 Å². The zero-order chi connectivity index (χ0) is 8.93. The number of benzene rings is 1. The molecule has 2 rings (SSSR count). The second kappa shape index (κ2) is 7.80. The van der Waals surface area contributed by atoms with Crippen LogP contribution in [0.2, 0.25) is 0 Å². The Balaban J connectivity index is 0.000000980. The van der Waals surface area contributed by atoms with Gasteiger partial charge in [-0.2, -0.15) is 0 Å². The maximum atomic E-state index is 3.54. The number of para-hydroxylation sites is 1. The van der Waals surface area contributed by atoms with Gasteiger partial charge in [0.25, 0.3) is 0 Å². The lowest BCUT2D eigenvalue weighted by Gasteiger charge is -2.24. The van der Waals surface area contributed by atoms with Crippen molar-refractivity contribution in [3.8, 4) is 0 Å². The van der Waals surface area contributed by atoms with E-state index in [1.165, 1.54) is 18.5 Å². The van der Waals surface area contributed by atoms with Crippen molar-refractivity contribution in [3.05, 3.63) is 30.3 Å². The molecule has 86 valence electrons. The topological polar surface area (TPSA) is 24.1 Å². The van der Waals surface area contributed by atoms with E-state index in [0.29, 0.717) is 6.04 Å². The number of nitrogens with one attached hydrogen (secondary N) is 2. The smallest absolute Gasteiger partial charge is 0.0342 e. The predicted octanol–water partition coefficient (Wildman–Crippen LogP) is 2.69. The Kier molecular flexibility index (Phi) is 7.57. The lowest BCUT2D eigenvalue weighted by Crippen LogP contribution is -2.35. The number of piperidine rings is 1. The molecule has 0 saturated carbocycles. The molecule has 0 radical (unpaired) electrons. The molecule has 0 aromatic heterocycles. The minimum Gasteiger partial charge on any atom is -0.382 e. The molecule has 1 aromatic carbocycles. The van der Waals surface area contributed by atoms with Gasteiger partial charge in [-0.1, -0.05) is 18.2 Å². The van der Waals surface area contributed by atoms with Crippen LogP contribution in [0.25, 0.3) is 0 Å². The first-order valence-electron chi connectivity index (χ1n) is 4.97. The molecule has 1 fully saturated rings. The SMILES string of the molecule is Cl.Cl.c1ccc(NC2CCNCC2)cc1. The van der Waals surface area contributed by atoms with Gasteiger partial charge < -0.3 is 10.6 Å². The molecule has 0 atom stereocenters. The van der Waals surface area contributed by atoms with Gasteiger partial charge in [0.2, 0.25) is 0 Å². The first kappa shape index (κ1) is 14.6. The molecular weight excluding hydrogens is 231 g/mol. The lowest BCUT2D eigenvalue weighted by molar-refractivity contribution is 0.479. The highest BCUT2D eigenvalue weighted by Gasteiger charge is 2.11. The molecule has 2 N–H and O–H groups in total. The Morgan fingerprint density at radius 2 is 1.60 bits per heavy atom. The molecule has 0 spiro atoms. The molecule has 1 aromatic rings.